The maximum absolute atomic E-state index is 2.39. The lowest BCUT2D eigenvalue weighted by Gasteiger charge is -2.25. The molecule has 0 amide bonds. The summed E-state index contributed by atoms with van der Waals surface area (Å²) in [6.07, 6.45) is 2.86. The van der Waals surface area contributed by atoms with E-state index in [0.29, 0.717) is 5.41 Å². The van der Waals surface area contributed by atoms with Crippen LogP contribution in [0.25, 0.3) is 0 Å². The van der Waals surface area contributed by atoms with Crippen LogP contribution in [-0.2, 0) is 0 Å². The Balaban J connectivity index is 2.62. The number of hydrogen-bond acceptors (Lipinski definition) is 0. The van der Waals surface area contributed by atoms with Gasteiger partial charge in [0.25, 0.3) is 0 Å². The summed E-state index contributed by atoms with van der Waals surface area (Å²) < 4.78 is 0. The Bertz CT molecular complexity index is 103. The van der Waals surface area contributed by atoms with Crippen molar-refractivity contribution in [2.24, 2.45) is 17.3 Å². The molecule has 54 valence electrons. The van der Waals surface area contributed by atoms with Gasteiger partial charge in [-0.25, -0.2) is 0 Å². The molecule has 0 aliphatic heterocycles. The fourth-order valence-corrected chi connectivity index (χ4v) is 1.85. The highest BCUT2D eigenvalue weighted by Crippen LogP contribution is 2.45. The summed E-state index contributed by atoms with van der Waals surface area (Å²) in [5, 5.41) is 0. The molecule has 2 atom stereocenters. The maximum atomic E-state index is 2.39. The predicted octanol–water partition coefficient (Wildman–Crippen LogP) is 3.08. The Morgan fingerprint density at radius 1 is 1.22 bits per heavy atom. The van der Waals surface area contributed by atoms with Crippen molar-refractivity contribution in [2.75, 3.05) is 0 Å². The summed E-state index contributed by atoms with van der Waals surface area (Å²) in [5.74, 6) is 1.89. The van der Waals surface area contributed by atoms with Crippen LogP contribution in [0.5, 0.6) is 0 Å². The first-order chi connectivity index (χ1) is 4.04. The lowest BCUT2D eigenvalue weighted by molar-refractivity contribution is 0.248. The number of rotatable bonds is 0. The van der Waals surface area contributed by atoms with Crippen molar-refractivity contribution in [2.45, 2.75) is 40.5 Å². The molecule has 1 saturated carbocycles. The predicted molar refractivity (Wildman–Crippen MR) is 41.3 cm³/mol. The summed E-state index contributed by atoms with van der Waals surface area (Å²) in [6, 6.07) is 0. The van der Waals surface area contributed by atoms with Gasteiger partial charge in [0.2, 0.25) is 0 Å². The molecule has 1 aliphatic carbocycles. The number of hydrogen-bond donors (Lipinski definition) is 0. The van der Waals surface area contributed by atoms with Crippen LogP contribution in [0.1, 0.15) is 40.5 Å². The van der Waals surface area contributed by atoms with Gasteiger partial charge in [0.1, 0.15) is 0 Å². The van der Waals surface area contributed by atoms with Crippen LogP contribution in [0.4, 0.5) is 0 Å². The quantitative estimate of drug-likeness (QED) is 0.468. The van der Waals surface area contributed by atoms with Crippen molar-refractivity contribution in [1.82, 2.24) is 0 Å². The van der Waals surface area contributed by atoms with Crippen LogP contribution in [0.15, 0.2) is 0 Å². The minimum atomic E-state index is 0.624. The Hall–Kier alpha value is 0. The highest BCUT2D eigenvalue weighted by Gasteiger charge is 2.35. The SMILES string of the molecule is C[C@H]1CCC(C)(C)[C@H]1C. The third-order valence-corrected chi connectivity index (χ3v) is 3.33. The first kappa shape index (κ1) is 7.11. The van der Waals surface area contributed by atoms with Crippen molar-refractivity contribution in [3.05, 3.63) is 0 Å². The molecule has 0 N–H and O–H groups in total. The second-order valence-corrected chi connectivity index (χ2v) is 4.29. The van der Waals surface area contributed by atoms with E-state index in [1.807, 2.05) is 0 Å². The first-order valence-corrected chi connectivity index (χ1v) is 4.04. The van der Waals surface area contributed by atoms with Crippen molar-refractivity contribution in [3.8, 4) is 0 Å². The molecule has 9 heavy (non-hydrogen) atoms. The third kappa shape index (κ3) is 1.12. The van der Waals surface area contributed by atoms with Gasteiger partial charge < -0.3 is 0 Å². The molecular formula is C9H18. The van der Waals surface area contributed by atoms with Gasteiger partial charge in [-0.1, -0.05) is 27.7 Å². The summed E-state index contributed by atoms with van der Waals surface area (Å²) >= 11 is 0. The molecule has 0 spiro atoms. The molecular weight excluding hydrogens is 108 g/mol. The second-order valence-electron chi connectivity index (χ2n) is 4.29. The lowest BCUT2D eigenvalue weighted by atomic mass is 9.81. The van der Waals surface area contributed by atoms with Gasteiger partial charge in [-0.15, -0.1) is 0 Å². The average Bonchev–Trinajstić information content (AvgIpc) is 1.97. The highest BCUT2D eigenvalue weighted by atomic mass is 14.4. The third-order valence-electron chi connectivity index (χ3n) is 3.33. The fourth-order valence-electron chi connectivity index (χ4n) is 1.85. The van der Waals surface area contributed by atoms with Gasteiger partial charge in [-0.05, 0) is 30.1 Å². The highest BCUT2D eigenvalue weighted by molar-refractivity contribution is 4.85. The summed E-state index contributed by atoms with van der Waals surface area (Å²) in [6.45, 7) is 9.54. The molecule has 0 heteroatoms. The van der Waals surface area contributed by atoms with E-state index in [4.69, 9.17) is 0 Å². The van der Waals surface area contributed by atoms with E-state index in [1.165, 1.54) is 12.8 Å². The fraction of sp³-hybridized carbons (Fsp3) is 1.00. The van der Waals surface area contributed by atoms with Crippen molar-refractivity contribution in [1.29, 1.82) is 0 Å². The van der Waals surface area contributed by atoms with E-state index in [9.17, 15) is 0 Å². The molecule has 0 radical (unpaired) electrons. The normalized spacial score (nSPS) is 41.3. The summed E-state index contributed by atoms with van der Waals surface area (Å²) in [4.78, 5) is 0. The summed E-state index contributed by atoms with van der Waals surface area (Å²) in [7, 11) is 0. The van der Waals surface area contributed by atoms with Crippen LogP contribution in [0, 0.1) is 17.3 Å². The Morgan fingerprint density at radius 2 is 1.78 bits per heavy atom. The van der Waals surface area contributed by atoms with E-state index in [2.05, 4.69) is 27.7 Å². The molecule has 0 bridgehead atoms. The van der Waals surface area contributed by atoms with Crippen molar-refractivity contribution < 1.29 is 0 Å². The van der Waals surface area contributed by atoms with E-state index in [1.54, 1.807) is 0 Å². The molecule has 0 saturated heterocycles. The zero-order valence-electron chi connectivity index (χ0n) is 7.07. The maximum Gasteiger partial charge on any atom is -0.0326 e. The van der Waals surface area contributed by atoms with Crippen molar-refractivity contribution >= 4 is 0 Å². The molecule has 0 unspecified atom stereocenters. The molecule has 0 heterocycles. The van der Waals surface area contributed by atoms with Crippen molar-refractivity contribution in [3.63, 3.8) is 0 Å². The van der Waals surface area contributed by atoms with Crippen LogP contribution >= 0.6 is 0 Å². The van der Waals surface area contributed by atoms with E-state index in [-0.39, 0.29) is 0 Å². The van der Waals surface area contributed by atoms with Crippen LogP contribution in [-0.4, -0.2) is 0 Å². The van der Waals surface area contributed by atoms with Crippen LogP contribution in [0.3, 0.4) is 0 Å². The Labute approximate surface area is 58.7 Å². The van der Waals surface area contributed by atoms with Gasteiger partial charge in [-0.2, -0.15) is 0 Å². The molecule has 0 aromatic carbocycles. The van der Waals surface area contributed by atoms with E-state index >= 15 is 0 Å². The molecule has 0 aromatic heterocycles. The molecule has 0 nitrogen and oxygen atoms in total. The van der Waals surface area contributed by atoms with Gasteiger partial charge in [0.15, 0.2) is 0 Å². The second kappa shape index (κ2) is 2.00. The van der Waals surface area contributed by atoms with E-state index in [0.717, 1.165) is 11.8 Å². The largest absolute Gasteiger partial charge is 0.0622 e. The zero-order valence-corrected chi connectivity index (χ0v) is 7.07. The molecule has 1 rings (SSSR count). The van der Waals surface area contributed by atoms with Gasteiger partial charge in [-0.3, -0.25) is 0 Å². The first-order valence-electron chi connectivity index (χ1n) is 4.04. The zero-order chi connectivity index (χ0) is 7.07. The Kier molecular flexibility index (Phi) is 1.58. The molecule has 1 aliphatic rings. The smallest absolute Gasteiger partial charge is 0.0326 e. The minimum Gasteiger partial charge on any atom is -0.0622 e. The monoisotopic (exact) mass is 126 g/mol. The minimum absolute atomic E-state index is 0.624. The topological polar surface area (TPSA) is 0 Å². The molecule has 0 aromatic rings. The average molecular weight is 126 g/mol. The summed E-state index contributed by atoms with van der Waals surface area (Å²) in [5.41, 5.74) is 0.624. The van der Waals surface area contributed by atoms with Crippen LogP contribution < -0.4 is 0 Å². The molecule has 1 fully saturated rings. The lowest BCUT2D eigenvalue weighted by Crippen LogP contribution is -2.17. The van der Waals surface area contributed by atoms with Gasteiger partial charge in [0, 0.05) is 0 Å². The van der Waals surface area contributed by atoms with E-state index < -0.39 is 0 Å². The van der Waals surface area contributed by atoms with Crippen LogP contribution in [0.2, 0.25) is 0 Å². The van der Waals surface area contributed by atoms with Gasteiger partial charge in [0.05, 0.1) is 0 Å². The standard InChI is InChI=1S/C9H18/c1-7-5-6-9(3,4)8(7)2/h7-8H,5-6H2,1-4H3/t7-,8-/m0/s1. The van der Waals surface area contributed by atoms with Gasteiger partial charge >= 0.3 is 0 Å². The Morgan fingerprint density at radius 3 is 1.89 bits per heavy atom.